The molecule has 0 fully saturated rings. The van der Waals surface area contributed by atoms with Gasteiger partial charge in [-0.1, -0.05) is 44.1 Å². The average Bonchev–Trinajstić information content (AvgIpc) is 2.90. The molecule has 1 aliphatic carbocycles. The van der Waals surface area contributed by atoms with Crippen LogP contribution in [-0.2, 0) is 25.5 Å². The third-order valence-electron chi connectivity index (χ3n) is 6.48. The molecule has 0 unspecified atom stereocenters. The van der Waals surface area contributed by atoms with E-state index >= 15 is 0 Å². The van der Waals surface area contributed by atoms with Crippen molar-refractivity contribution >= 4 is 41.3 Å². The third-order valence-corrected chi connectivity index (χ3v) is 7.51. The molecule has 0 amide bonds. The lowest BCUT2D eigenvalue weighted by atomic mass is 9.93. The van der Waals surface area contributed by atoms with E-state index in [4.69, 9.17) is 15.9 Å². The summed E-state index contributed by atoms with van der Waals surface area (Å²) >= 11 is 1.52. The Labute approximate surface area is 225 Å². The zero-order chi connectivity index (χ0) is 26.9. The summed E-state index contributed by atoms with van der Waals surface area (Å²) < 4.78 is 11.9. The van der Waals surface area contributed by atoms with Crippen LogP contribution in [0.25, 0.3) is 6.08 Å². The Morgan fingerprint density at radius 2 is 1.70 bits per heavy atom. The molecule has 2 aromatic carbocycles. The number of hydrogen-bond acceptors (Lipinski definition) is 7. The first-order valence-electron chi connectivity index (χ1n) is 12.5. The highest BCUT2D eigenvalue weighted by molar-refractivity contribution is 8.00. The molecule has 6 nitrogen and oxygen atoms in total. The molecular weight excluding hydrogens is 484 g/mol. The van der Waals surface area contributed by atoms with E-state index in [0.717, 1.165) is 40.2 Å². The van der Waals surface area contributed by atoms with E-state index in [2.05, 4.69) is 61.1 Å². The number of ether oxygens (including phenoxy) is 2. The topological polar surface area (TPSA) is 59.1 Å². The van der Waals surface area contributed by atoms with Gasteiger partial charge in [-0.25, -0.2) is 0 Å². The number of allylic oxidation sites excluding steroid dienone is 1. The molecule has 3 rings (SSSR count). The van der Waals surface area contributed by atoms with Crippen LogP contribution in [0.5, 0.6) is 0 Å². The summed E-state index contributed by atoms with van der Waals surface area (Å²) in [5.74, 6) is 2.60. The molecule has 0 radical (unpaired) electrons. The minimum absolute atomic E-state index is 0.107. The molecule has 1 atom stereocenters. The van der Waals surface area contributed by atoms with Crippen LogP contribution < -0.4 is 9.21 Å². The van der Waals surface area contributed by atoms with Gasteiger partial charge in [-0.3, -0.25) is 9.59 Å². The zero-order valence-electron chi connectivity index (χ0n) is 22.3. The number of methoxy groups -OCH3 is 2. The first kappa shape index (κ1) is 28.2. The fraction of sp³-hybridized carbons (Fsp3) is 0.400. The van der Waals surface area contributed by atoms with Gasteiger partial charge in [0.2, 0.25) is 0 Å². The van der Waals surface area contributed by atoms with Crippen molar-refractivity contribution < 1.29 is 19.1 Å². The van der Waals surface area contributed by atoms with Crippen LogP contribution in [0.3, 0.4) is 0 Å². The van der Waals surface area contributed by atoms with Gasteiger partial charge in [0.25, 0.3) is 0 Å². The first-order valence-corrected chi connectivity index (χ1v) is 13.3. The Morgan fingerprint density at radius 3 is 2.32 bits per heavy atom. The molecule has 0 heterocycles. The van der Waals surface area contributed by atoms with E-state index in [1.165, 1.54) is 31.7 Å². The lowest BCUT2D eigenvalue weighted by Gasteiger charge is -2.34. The van der Waals surface area contributed by atoms with Crippen LogP contribution in [0.15, 0.2) is 47.4 Å². The monoisotopic (exact) mass is 520 g/mol. The van der Waals surface area contributed by atoms with Crippen LogP contribution in [0.2, 0.25) is 0 Å². The molecule has 0 spiro atoms. The van der Waals surface area contributed by atoms with Crippen molar-refractivity contribution in [1.82, 2.24) is 0 Å². The van der Waals surface area contributed by atoms with Gasteiger partial charge >= 0.3 is 11.9 Å². The smallest absolute Gasteiger partial charge is 0.326 e. The number of rotatable bonds is 11. The Hall–Kier alpha value is -3.37. The number of hydrogen-bond donors (Lipinski definition) is 0. The molecule has 196 valence electrons. The summed E-state index contributed by atoms with van der Waals surface area (Å²) in [7, 11) is 2.80. The van der Waals surface area contributed by atoms with Gasteiger partial charge in [-0.05, 0) is 73.0 Å². The number of benzene rings is 2. The number of nitrogens with zero attached hydrogens (tertiary/aromatic N) is 2. The number of carbonyl (C=O) groups excluding carboxylic acids is 2. The number of terminal acetylenes is 1. The maximum Gasteiger partial charge on any atom is 0.326 e. The van der Waals surface area contributed by atoms with Gasteiger partial charge in [0, 0.05) is 22.2 Å². The molecule has 0 bridgehead atoms. The summed E-state index contributed by atoms with van der Waals surface area (Å²) in [5, 5.41) is 0. The summed E-state index contributed by atoms with van der Waals surface area (Å²) in [4.78, 5) is 27.5. The van der Waals surface area contributed by atoms with Gasteiger partial charge in [0.15, 0.2) is 0 Å². The zero-order valence-corrected chi connectivity index (χ0v) is 23.1. The van der Waals surface area contributed by atoms with Crippen LogP contribution in [-0.4, -0.2) is 45.3 Å². The van der Waals surface area contributed by atoms with Gasteiger partial charge in [0.1, 0.15) is 6.54 Å². The minimum Gasteiger partial charge on any atom is -0.469 e. The largest absolute Gasteiger partial charge is 0.469 e. The Morgan fingerprint density at radius 1 is 1.03 bits per heavy atom. The van der Waals surface area contributed by atoms with Crippen molar-refractivity contribution in [2.75, 3.05) is 36.5 Å². The van der Waals surface area contributed by atoms with E-state index in [9.17, 15) is 9.59 Å². The van der Waals surface area contributed by atoms with E-state index in [1.807, 2.05) is 23.4 Å². The average molecular weight is 521 g/mol. The highest BCUT2D eigenvalue weighted by atomic mass is 32.2. The summed E-state index contributed by atoms with van der Waals surface area (Å²) in [6.45, 7) is 6.78. The Bertz CT molecular complexity index is 1170. The third kappa shape index (κ3) is 7.11. The molecule has 0 saturated carbocycles. The molecule has 0 aromatic heterocycles. The first-order chi connectivity index (χ1) is 17.8. The van der Waals surface area contributed by atoms with Gasteiger partial charge < -0.3 is 18.7 Å². The van der Waals surface area contributed by atoms with Crippen molar-refractivity contribution in [3.8, 4) is 12.3 Å². The molecular formula is C30H36N2O4S. The Balaban J connectivity index is 2.03. The number of fused-ring (bicyclic) bond motifs is 1. The van der Waals surface area contributed by atoms with E-state index in [1.54, 1.807) is 0 Å². The van der Waals surface area contributed by atoms with Gasteiger partial charge in [-0.15, -0.1) is 6.42 Å². The van der Waals surface area contributed by atoms with Crippen molar-refractivity contribution in [2.45, 2.75) is 56.9 Å². The van der Waals surface area contributed by atoms with Gasteiger partial charge in [0.05, 0.1) is 32.9 Å². The lowest BCUT2D eigenvalue weighted by molar-refractivity contribution is -0.141. The molecule has 0 N–H and O–H groups in total. The maximum absolute atomic E-state index is 12.4. The van der Waals surface area contributed by atoms with Crippen molar-refractivity contribution in [3.05, 3.63) is 59.2 Å². The minimum atomic E-state index is -0.309. The molecule has 37 heavy (non-hydrogen) atoms. The number of esters is 2. The SMILES string of the molecule is C#CCN(c1ccc(N(CC(=O)OC)Sc2ccc(C(C)C)cc2)c2c1C=CCC2)[C@@H](C)CC(=O)OC. The highest BCUT2D eigenvalue weighted by Crippen LogP contribution is 2.40. The molecule has 2 aromatic rings. The number of anilines is 2. The quantitative estimate of drug-likeness (QED) is 0.209. The predicted octanol–water partition coefficient (Wildman–Crippen LogP) is 5.85. The predicted molar refractivity (Wildman–Crippen MR) is 152 cm³/mol. The fourth-order valence-electron chi connectivity index (χ4n) is 4.40. The summed E-state index contributed by atoms with van der Waals surface area (Å²) in [5.41, 5.74) is 5.40. The molecule has 0 aliphatic heterocycles. The maximum atomic E-state index is 12.4. The molecule has 7 heteroatoms. The van der Waals surface area contributed by atoms with Gasteiger partial charge in [-0.2, -0.15) is 0 Å². The second-order valence-corrected chi connectivity index (χ2v) is 10.4. The summed E-state index contributed by atoms with van der Waals surface area (Å²) in [6, 6.07) is 12.4. The lowest BCUT2D eigenvalue weighted by Crippen LogP contribution is -2.36. The fourth-order valence-corrected chi connectivity index (χ4v) is 5.35. The summed E-state index contributed by atoms with van der Waals surface area (Å²) in [6.07, 6.45) is 11.9. The van der Waals surface area contributed by atoms with E-state index in [0.29, 0.717) is 12.5 Å². The van der Waals surface area contributed by atoms with E-state index < -0.39 is 0 Å². The second-order valence-electron chi connectivity index (χ2n) is 9.33. The number of carbonyl (C=O) groups is 2. The van der Waals surface area contributed by atoms with Crippen LogP contribution in [0.1, 0.15) is 56.2 Å². The van der Waals surface area contributed by atoms with E-state index in [-0.39, 0.29) is 30.9 Å². The van der Waals surface area contributed by atoms with Crippen molar-refractivity contribution in [1.29, 1.82) is 0 Å². The van der Waals surface area contributed by atoms with Crippen LogP contribution in [0, 0.1) is 12.3 Å². The molecule has 1 aliphatic rings. The molecule has 0 saturated heterocycles. The van der Waals surface area contributed by atoms with Crippen LogP contribution in [0.4, 0.5) is 11.4 Å². The van der Waals surface area contributed by atoms with Crippen molar-refractivity contribution in [2.24, 2.45) is 0 Å². The highest BCUT2D eigenvalue weighted by Gasteiger charge is 2.26. The van der Waals surface area contributed by atoms with Crippen molar-refractivity contribution in [3.63, 3.8) is 0 Å². The second kappa shape index (κ2) is 13.3. The Kier molecular flexibility index (Phi) is 10.1. The standard InChI is InChI=1S/C30H36N2O4S/c1-7-18-31(22(4)19-29(33)35-5)27-16-17-28(26-11-9-8-10-25(26)27)32(20-30(34)36-6)37-24-14-12-23(13-15-24)21(2)3/h1,8,10,12-17,21-22H,9,11,18-20H2,2-6H3/t22-/m0/s1. The van der Waals surface area contributed by atoms with Crippen LogP contribution >= 0.6 is 11.9 Å². The normalized spacial score (nSPS) is 12.9.